The van der Waals surface area contributed by atoms with Gasteiger partial charge >= 0.3 is 0 Å². The van der Waals surface area contributed by atoms with Gasteiger partial charge in [-0.2, -0.15) is 9.61 Å². The predicted molar refractivity (Wildman–Crippen MR) is 96.5 cm³/mol. The number of hydrogen-bond donors (Lipinski definition) is 2. The molecule has 0 saturated carbocycles. The molecule has 1 fully saturated rings. The summed E-state index contributed by atoms with van der Waals surface area (Å²) < 4.78 is 6.95. The molecule has 4 rings (SSSR count). The number of benzene rings is 1. The molecule has 1 saturated heterocycles. The van der Waals surface area contributed by atoms with Crippen LogP contribution in [0.15, 0.2) is 30.6 Å². The maximum Gasteiger partial charge on any atom is 0.235 e. The number of hydrogen-bond acceptors (Lipinski definition) is 5. The van der Waals surface area contributed by atoms with Gasteiger partial charge in [0.15, 0.2) is 6.04 Å². The number of nitrogens with one attached hydrogen (secondary N) is 1. The summed E-state index contributed by atoms with van der Waals surface area (Å²) in [5, 5.41) is 14.9. The first-order chi connectivity index (χ1) is 12.2. The molecule has 0 radical (unpaired) electrons. The number of rotatable bonds is 4. The average Bonchev–Trinajstić information content (AvgIpc) is 3.19. The van der Waals surface area contributed by atoms with Gasteiger partial charge in [0.2, 0.25) is 10.8 Å². The zero-order valence-electron chi connectivity index (χ0n) is 14.5. The molecule has 0 aliphatic carbocycles. The lowest BCUT2D eigenvalue weighted by atomic mass is 9.95. The number of likely N-dealkylation sites (tertiary alicyclic amines) is 1. The monoisotopic (exact) mass is 359 g/mol. The van der Waals surface area contributed by atoms with Crippen LogP contribution < -0.4 is 9.64 Å². The van der Waals surface area contributed by atoms with Crippen LogP contribution in [0.5, 0.6) is 11.6 Å². The second-order valence-corrected chi connectivity index (χ2v) is 7.82. The van der Waals surface area contributed by atoms with E-state index in [1.807, 2.05) is 12.1 Å². The number of aromatic nitrogens is 3. The van der Waals surface area contributed by atoms with Crippen molar-refractivity contribution in [3.8, 4) is 11.6 Å². The van der Waals surface area contributed by atoms with Crippen molar-refractivity contribution in [2.24, 2.45) is 5.92 Å². The summed E-state index contributed by atoms with van der Waals surface area (Å²) in [5.41, 5.74) is 1.16. The fourth-order valence-corrected chi connectivity index (χ4v) is 4.98. The molecule has 3 atom stereocenters. The molecule has 1 aliphatic rings. The van der Waals surface area contributed by atoms with Crippen molar-refractivity contribution in [3.63, 3.8) is 0 Å². The average molecular weight is 359 g/mol. The zero-order chi connectivity index (χ0) is 17.4. The fourth-order valence-electron chi connectivity index (χ4n) is 3.87. The van der Waals surface area contributed by atoms with Crippen LogP contribution in [0.4, 0.5) is 0 Å². The standard InChI is InChI=1S/C18H22N4O2S/c1-12-5-4-8-21(10-12)15(13-6-3-7-14(9-13)24-2)16-17(23)22-18(25-16)19-11-20-22/h3,6-7,9,11-12,15,23H,4-5,8,10H2,1-2H3/p+1/t12-,15-/m0/s1. The lowest BCUT2D eigenvalue weighted by Crippen LogP contribution is -3.13. The largest absolute Gasteiger partial charge is 0.497 e. The normalized spacial score (nSPS) is 22.2. The first kappa shape index (κ1) is 16.4. The lowest BCUT2D eigenvalue weighted by molar-refractivity contribution is -0.933. The third-order valence-corrected chi connectivity index (χ3v) is 6.14. The number of thiazole rings is 1. The van der Waals surface area contributed by atoms with E-state index in [1.54, 1.807) is 7.11 Å². The Labute approximate surface area is 150 Å². The van der Waals surface area contributed by atoms with Gasteiger partial charge < -0.3 is 14.7 Å². The Morgan fingerprint density at radius 3 is 3.08 bits per heavy atom. The SMILES string of the molecule is COc1cccc([C@@H](c2sc3ncnn3c2O)[NH+]2CCC[C@H](C)C2)c1. The molecule has 0 amide bonds. The van der Waals surface area contributed by atoms with E-state index in [2.05, 4.69) is 29.1 Å². The van der Waals surface area contributed by atoms with E-state index in [1.165, 1.54) is 39.9 Å². The third-order valence-electron chi connectivity index (χ3n) is 5.04. The van der Waals surface area contributed by atoms with Gasteiger partial charge in [-0.15, -0.1) is 0 Å². The Kier molecular flexibility index (Phi) is 4.35. The minimum atomic E-state index is 0.0614. The maximum absolute atomic E-state index is 10.8. The van der Waals surface area contributed by atoms with Crippen LogP contribution in [-0.2, 0) is 0 Å². The second-order valence-electron chi connectivity index (χ2n) is 6.81. The van der Waals surface area contributed by atoms with Gasteiger partial charge in [0, 0.05) is 11.5 Å². The minimum absolute atomic E-state index is 0.0614. The highest BCUT2D eigenvalue weighted by Crippen LogP contribution is 2.35. The third kappa shape index (κ3) is 2.98. The van der Waals surface area contributed by atoms with Crippen LogP contribution in [0.25, 0.3) is 4.96 Å². The van der Waals surface area contributed by atoms with E-state index in [0.717, 1.165) is 34.2 Å². The van der Waals surface area contributed by atoms with Gasteiger partial charge in [-0.25, -0.2) is 4.98 Å². The molecular formula is C18H23N4O2S+. The molecule has 2 N–H and O–H groups in total. The van der Waals surface area contributed by atoms with Crippen molar-refractivity contribution in [2.75, 3.05) is 20.2 Å². The van der Waals surface area contributed by atoms with Gasteiger partial charge in [0.05, 0.1) is 20.2 Å². The minimum Gasteiger partial charge on any atom is -0.497 e. The molecule has 6 nitrogen and oxygen atoms in total. The highest BCUT2D eigenvalue weighted by atomic mass is 32.1. The summed E-state index contributed by atoms with van der Waals surface area (Å²) in [6.45, 7) is 4.50. The summed E-state index contributed by atoms with van der Waals surface area (Å²) in [7, 11) is 1.69. The van der Waals surface area contributed by atoms with Gasteiger partial charge in [0.25, 0.3) is 0 Å². The van der Waals surface area contributed by atoms with Gasteiger partial charge in [-0.05, 0) is 25.0 Å². The fraction of sp³-hybridized carbons (Fsp3) is 0.444. The van der Waals surface area contributed by atoms with Crippen LogP contribution in [0.3, 0.4) is 0 Å². The molecule has 2 aromatic heterocycles. The highest BCUT2D eigenvalue weighted by molar-refractivity contribution is 7.17. The van der Waals surface area contributed by atoms with Crippen molar-refractivity contribution in [3.05, 3.63) is 41.0 Å². The Bertz CT molecular complexity index is 875. The van der Waals surface area contributed by atoms with Crippen molar-refractivity contribution in [1.29, 1.82) is 0 Å². The molecule has 1 unspecified atom stereocenters. The van der Waals surface area contributed by atoms with Crippen LogP contribution >= 0.6 is 11.3 Å². The van der Waals surface area contributed by atoms with Crippen molar-refractivity contribution in [1.82, 2.24) is 14.6 Å². The molecule has 0 spiro atoms. The topological polar surface area (TPSA) is 64.1 Å². The Morgan fingerprint density at radius 2 is 2.32 bits per heavy atom. The van der Waals surface area contributed by atoms with E-state index in [4.69, 9.17) is 4.74 Å². The first-order valence-electron chi connectivity index (χ1n) is 8.67. The predicted octanol–water partition coefficient (Wildman–Crippen LogP) is 1.91. The summed E-state index contributed by atoms with van der Waals surface area (Å²) in [6.07, 6.45) is 3.96. The van der Waals surface area contributed by atoms with Gasteiger partial charge in [0.1, 0.15) is 17.0 Å². The second kappa shape index (κ2) is 6.65. The van der Waals surface area contributed by atoms with E-state index >= 15 is 0 Å². The number of methoxy groups -OCH3 is 1. The van der Waals surface area contributed by atoms with Crippen LogP contribution in [-0.4, -0.2) is 39.9 Å². The molecule has 0 bridgehead atoms. The molecule has 3 aromatic rings. The molecule has 132 valence electrons. The molecule has 25 heavy (non-hydrogen) atoms. The van der Waals surface area contributed by atoms with Crippen LogP contribution in [0.2, 0.25) is 0 Å². The molecule has 1 aromatic carbocycles. The molecule has 3 heterocycles. The lowest BCUT2D eigenvalue weighted by Gasteiger charge is -2.34. The van der Waals surface area contributed by atoms with E-state index < -0.39 is 0 Å². The van der Waals surface area contributed by atoms with E-state index in [9.17, 15) is 5.11 Å². The smallest absolute Gasteiger partial charge is 0.235 e. The summed E-state index contributed by atoms with van der Waals surface area (Å²) in [6, 6.07) is 8.23. The number of fused-ring (bicyclic) bond motifs is 1. The van der Waals surface area contributed by atoms with E-state index in [0.29, 0.717) is 5.92 Å². The van der Waals surface area contributed by atoms with Crippen molar-refractivity contribution < 1.29 is 14.7 Å². The zero-order valence-corrected chi connectivity index (χ0v) is 15.3. The van der Waals surface area contributed by atoms with Crippen LogP contribution in [0, 0.1) is 5.92 Å². The quantitative estimate of drug-likeness (QED) is 0.747. The van der Waals surface area contributed by atoms with Gasteiger partial charge in [-0.1, -0.05) is 30.4 Å². The molecule has 1 aliphatic heterocycles. The van der Waals surface area contributed by atoms with Gasteiger partial charge in [-0.3, -0.25) is 0 Å². The van der Waals surface area contributed by atoms with Crippen LogP contribution in [0.1, 0.15) is 36.2 Å². The Hall–Kier alpha value is -2.12. The summed E-state index contributed by atoms with van der Waals surface area (Å²) in [5.74, 6) is 1.73. The molecular weight excluding hydrogens is 336 g/mol. The van der Waals surface area contributed by atoms with Crippen molar-refractivity contribution in [2.45, 2.75) is 25.8 Å². The number of piperidine rings is 1. The van der Waals surface area contributed by atoms with Crippen molar-refractivity contribution >= 4 is 16.3 Å². The Balaban J connectivity index is 1.82. The number of nitrogens with zero attached hydrogens (tertiary/aromatic N) is 3. The maximum atomic E-state index is 10.8. The highest BCUT2D eigenvalue weighted by Gasteiger charge is 2.35. The number of aromatic hydroxyl groups is 1. The number of ether oxygens (including phenoxy) is 1. The summed E-state index contributed by atoms with van der Waals surface area (Å²) in [4.78, 5) is 7.38. The first-order valence-corrected chi connectivity index (χ1v) is 9.49. The molecule has 7 heteroatoms. The van der Waals surface area contributed by atoms with E-state index in [-0.39, 0.29) is 11.9 Å². The summed E-state index contributed by atoms with van der Waals surface area (Å²) >= 11 is 1.52. The number of quaternary nitrogens is 1. The Morgan fingerprint density at radius 1 is 1.44 bits per heavy atom.